The van der Waals surface area contributed by atoms with Gasteiger partial charge >= 0.3 is 6.18 Å². The Morgan fingerprint density at radius 2 is 2.00 bits per heavy atom. The zero-order valence-corrected chi connectivity index (χ0v) is 8.25. The SMILES string of the molecule is Cc1ccc(-c2ncon2)c(C(F)(F)F)c1. The predicted molar refractivity (Wildman–Crippen MR) is 49.5 cm³/mol. The van der Waals surface area contributed by atoms with Gasteiger partial charge in [0.25, 0.3) is 0 Å². The summed E-state index contributed by atoms with van der Waals surface area (Å²) in [6.07, 6.45) is -3.43. The third-order valence-electron chi connectivity index (χ3n) is 2.08. The highest BCUT2D eigenvalue weighted by Gasteiger charge is 2.34. The quantitative estimate of drug-likeness (QED) is 0.752. The number of hydrogen-bond donors (Lipinski definition) is 0. The first kappa shape index (κ1) is 10.7. The molecule has 1 aromatic carbocycles. The van der Waals surface area contributed by atoms with Gasteiger partial charge in [-0.25, -0.2) is 0 Å². The Hall–Kier alpha value is -1.85. The van der Waals surface area contributed by atoms with E-state index in [1.54, 1.807) is 13.0 Å². The van der Waals surface area contributed by atoms with Crippen molar-refractivity contribution in [3.05, 3.63) is 35.7 Å². The van der Waals surface area contributed by atoms with E-state index in [-0.39, 0.29) is 11.4 Å². The molecule has 1 aromatic heterocycles. The molecule has 0 aliphatic rings. The Kier molecular flexibility index (Phi) is 2.41. The minimum absolute atomic E-state index is 0.0627. The van der Waals surface area contributed by atoms with Crippen LogP contribution in [-0.4, -0.2) is 10.1 Å². The summed E-state index contributed by atoms with van der Waals surface area (Å²) in [4.78, 5) is 3.61. The summed E-state index contributed by atoms with van der Waals surface area (Å²) in [6.45, 7) is 1.59. The van der Waals surface area contributed by atoms with Gasteiger partial charge in [-0.15, -0.1) is 0 Å². The molecule has 0 bridgehead atoms. The van der Waals surface area contributed by atoms with Gasteiger partial charge in [0.2, 0.25) is 12.2 Å². The number of nitrogens with zero attached hydrogens (tertiary/aromatic N) is 2. The molecule has 2 aromatic rings. The molecule has 0 atom stereocenters. The first-order chi connectivity index (χ1) is 7.48. The molecule has 0 amide bonds. The van der Waals surface area contributed by atoms with Gasteiger partial charge in [0, 0.05) is 5.56 Å². The van der Waals surface area contributed by atoms with E-state index in [0.29, 0.717) is 5.56 Å². The average molecular weight is 228 g/mol. The molecular weight excluding hydrogens is 221 g/mol. The zero-order valence-electron chi connectivity index (χ0n) is 8.25. The summed E-state index contributed by atoms with van der Waals surface area (Å²) in [7, 11) is 0. The first-order valence-electron chi connectivity index (χ1n) is 4.43. The van der Waals surface area contributed by atoms with E-state index in [2.05, 4.69) is 14.7 Å². The van der Waals surface area contributed by atoms with Crippen LogP contribution in [0.15, 0.2) is 29.1 Å². The number of halogens is 3. The van der Waals surface area contributed by atoms with Gasteiger partial charge < -0.3 is 4.52 Å². The second-order valence-corrected chi connectivity index (χ2v) is 3.30. The number of hydrogen-bond acceptors (Lipinski definition) is 3. The van der Waals surface area contributed by atoms with Gasteiger partial charge in [-0.3, -0.25) is 0 Å². The Bertz CT molecular complexity index is 491. The Balaban J connectivity index is 2.62. The predicted octanol–water partition coefficient (Wildman–Crippen LogP) is 3.06. The van der Waals surface area contributed by atoms with Gasteiger partial charge in [0.15, 0.2) is 0 Å². The molecule has 84 valence electrons. The van der Waals surface area contributed by atoms with Crippen molar-refractivity contribution in [3.63, 3.8) is 0 Å². The lowest BCUT2D eigenvalue weighted by Crippen LogP contribution is -2.08. The minimum Gasteiger partial charge on any atom is -0.342 e. The summed E-state index contributed by atoms with van der Waals surface area (Å²) in [5.74, 6) is -0.0627. The number of rotatable bonds is 1. The number of benzene rings is 1. The van der Waals surface area contributed by atoms with Crippen LogP contribution in [0.3, 0.4) is 0 Å². The van der Waals surface area contributed by atoms with Crippen LogP contribution in [0.4, 0.5) is 13.2 Å². The minimum atomic E-state index is -4.43. The maximum Gasteiger partial charge on any atom is 0.417 e. The lowest BCUT2D eigenvalue weighted by molar-refractivity contribution is -0.137. The van der Waals surface area contributed by atoms with Gasteiger partial charge in [-0.2, -0.15) is 18.2 Å². The highest BCUT2D eigenvalue weighted by Crippen LogP contribution is 2.36. The zero-order chi connectivity index (χ0) is 11.8. The molecule has 0 N–H and O–H groups in total. The molecule has 16 heavy (non-hydrogen) atoms. The van der Waals surface area contributed by atoms with Crippen molar-refractivity contribution in [2.45, 2.75) is 13.1 Å². The molecule has 0 aliphatic heterocycles. The van der Waals surface area contributed by atoms with Crippen molar-refractivity contribution in [1.82, 2.24) is 10.1 Å². The van der Waals surface area contributed by atoms with E-state index in [4.69, 9.17) is 0 Å². The highest BCUT2D eigenvalue weighted by molar-refractivity contribution is 5.61. The van der Waals surface area contributed by atoms with Crippen molar-refractivity contribution in [2.75, 3.05) is 0 Å². The van der Waals surface area contributed by atoms with Crippen LogP contribution in [0.2, 0.25) is 0 Å². The van der Waals surface area contributed by atoms with E-state index in [0.717, 1.165) is 12.5 Å². The van der Waals surface area contributed by atoms with Crippen molar-refractivity contribution < 1.29 is 17.7 Å². The lowest BCUT2D eigenvalue weighted by atomic mass is 10.0. The van der Waals surface area contributed by atoms with Crippen LogP contribution in [0, 0.1) is 6.92 Å². The van der Waals surface area contributed by atoms with E-state index >= 15 is 0 Å². The largest absolute Gasteiger partial charge is 0.417 e. The van der Waals surface area contributed by atoms with Crippen molar-refractivity contribution in [1.29, 1.82) is 0 Å². The normalized spacial score (nSPS) is 11.8. The van der Waals surface area contributed by atoms with Gasteiger partial charge in [0.1, 0.15) is 0 Å². The van der Waals surface area contributed by atoms with Crippen LogP contribution in [0.1, 0.15) is 11.1 Å². The Morgan fingerprint density at radius 3 is 2.56 bits per heavy atom. The van der Waals surface area contributed by atoms with E-state index in [1.165, 1.54) is 6.07 Å². The molecule has 3 nitrogen and oxygen atoms in total. The molecule has 1 heterocycles. The number of aryl methyl sites for hydroxylation is 1. The average Bonchev–Trinajstić information content (AvgIpc) is 2.69. The lowest BCUT2D eigenvalue weighted by Gasteiger charge is -2.11. The second-order valence-electron chi connectivity index (χ2n) is 3.30. The molecule has 0 spiro atoms. The van der Waals surface area contributed by atoms with Crippen LogP contribution >= 0.6 is 0 Å². The van der Waals surface area contributed by atoms with Crippen LogP contribution in [0.5, 0.6) is 0 Å². The summed E-state index contributed by atoms with van der Waals surface area (Å²) < 4.78 is 42.6. The Labute approximate surface area is 88.9 Å². The molecule has 2 rings (SSSR count). The summed E-state index contributed by atoms with van der Waals surface area (Å²) in [6, 6.07) is 3.97. The summed E-state index contributed by atoms with van der Waals surface area (Å²) in [5.41, 5.74) is -0.305. The molecule has 6 heteroatoms. The summed E-state index contributed by atoms with van der Waals surface area (Å²) in [5, 5.41) is 3.40. The van der Waals surface area contributed by atoms with Crippen LogP contribution in [-0.2, 0) is 6.18 Å². The van der Waals surface area contributed by atoms with E-state index in [1.807, 2.05) is 0 Å². The molecule has 0 unspecified atom stereocenters. The monoisotopic (exact) mass is 228 g/mol. The number of aromatic nitrogens is 2. The third kappa shape index (κ3) is 1.91. The summed E-state index contributed by atoms with van der Waals surface area (Å²) >= 11 is 0. The van der Waals surface area contributed by atoms with Crippen molar-refractivity contribution in [3.8, 4) is 11.4 Å². The fourth-order valence-electron chi connectivity index (χ4n) is 1.38. The second kappa shape index (κ2) is 3.62. The van der Waals surface area contributed by atoms with Crippen LogP contribution in [0.25, 0.3) is 11.4 Å². The standard InChI is InChI=1S/C10H7F3N2O/c1-6-2-3-7(9-14-5-16-15-9)8(4-6)10(11,12)13/h2-5H,1H3. The molecule has 0 saturated heterocycles. The van der Waals surface area contributed by atoms with Gasteiger partial charge in [-0.05, 0) is 13.0 Å². The van der Waals surface area contributed by atoms with Crippen LogP contribution < -0.4 is 0 Å². The smallest absolute Gasteiger partial charge is 0.342 e. The maximum absolute atomic E-state index is 12.7. The van der Waals surface area contributed by atoms with Gasteiger partial charge in [-0.1, -0.05) is 22.9 Å². The molecular formula is C10H7F3N2O. The fourth-order valence-corrected chi connectivity index (χ4v) is 1.38. The van der Waals surface area contributed by atoms with Gasteiger partial charge in [0.05, 0.1) is 5.56 Å². The fraction of sp³-hybridized carbons (Fsp3) is 0.200. The Morgan fingerprint density at radius 1 is 1.25 bits per heavy atom. The first-order valence-corrected chi connectivity index (χ1v) is 4.43. The topological polar surface area (TPSA) is 38.9 Å². The molecule has 0 aliphatic carbocycles. The van der Waals surface area contributed by atoms with E-state index < -0.39 is 11.7 Å². The maximum atomic E-state index is 12.7. The van der Waals surface area contributed by atoms with Crippen molar-refractivity contribution in [2.24, 2.45) is 0 Å². The molecule has 0 fully saturated rings. The third-order valence-corrected chi connectivity index (χ3v) is 2.08. The number of alkyl halides is 3. The van der Waals surface area contributed by atoms with Crippen molar-refractivity contribution >= 4 is 0 Å². The van der Waals surface area contributed by atoms with E-state index in [9.17, 15) is 13.2 Å². The highest BCUT2D eigenvalue weighted by atomic mass is 19.4. The molecule has 0 radical (unpaired) electrons. The molecule has 0 saturated carbocycles.